The van der Waals surface area contributed by atoms with Gasteiger partial charge < -0.3 is 19.5 Å². The highest BCUT2D eigenvalue weighted by molar-refractivity contribution is 6.01. The van der Waals surface area contributed by atoms with E-state index in [1.807, 2.05) is 0 Å². The van der Waals surface area contributed by atoms with Crippen molar-refractivity contribution in [3.63, 3.8) is 0 Å². The molecule has 2 N–H and O–H groups in total. The number of hydrogen-bond acceptors (Lipinski definition) is 6. The van der Waals surface area contributed by atoms with E-state index in [9.17, 15) is 14.4 Å². The van der Waals surface area contributed by atoms with Crippen LogP contribution in [0.3, 0.4) is 0 Å². The van der Waals surface area contributed by atoms with E-state index in [-0.39, 0.29) is 5.75 Å². The number of amides is 3. The lowest BCUT2D eigenvalue weighted by molar-refractivity contribution is -0.121. The summed E-state index contributed by atoms with van der Waals surface area (Å²) in [6.45, 7) is -0.396. The number of carbonyl (C=O) groups is 3. The lowest BCUT2D eigenvalue weighted by atomic mass is 10.2. The Labute approximate surface area is 150 Å². The van der Waals surface area contributed by atoms with Crippen molar-refractivity contribution < 1.29 is 28.6 Å². The Hall–Kier alpha value is -3.55. The molecule has 0 heterocycles. The van der Waals surface area contributed by atoms with E-state index in [4.69, 9.17) is 14.2 Å². The van der Waals surface area contributed by atoms with Gasteiger partial charge in [0.2, 0.25) is 0 Å². The zero-order chi connectivity index (χ0) is 18.9. The third-order valence-electron chi connectivity index (χ3n) is 3.28. The van der Waals surface area contributed by atoms with Crippen molar-refractivity contribution in [1.29, 1.82) is 0 Å². The van der Waals surface area contributed by atoms with Crippen molar-refractivity contribution in [3.05, 3.63) is 48.0 Å². The maximum Gasteiger partial charge on any atom is 0.325 e. The number of urea groups is 1. The number of nitrogens with one attached hydrogen (secondary N) is 2. The third kappa shape index (κ3) is 5.23. The Morgan fingerprint density at radius 3 is 2.35 bits per heavy atom. The third-order valence-corrected chi connectivity index (χ3v) is 3.28. The Morgan fingerprint density at radius 2 is 1.73 bits per heavy atom. The van der Waals surface area contributed by atoms with Gasteiger partial charge in [-0.1, -0.05) is 0 Å². The topological polar surface area (TPSA) is 103 Å². The molecule has 0 bridgehead atoms. The quantitative estimate of drug-likeness (QED) is 0.736. The number of methoxy groups -OCH3 is 2. The molecule has 26 heavy (non-hydrogen) atoms. The van der Waals surface area contributed by atoms with Crippen molar-refractivity contribution in [2.75, 3.05) is 26.1 Å². The predicted molar refractivity (Wildman–Crippen MR) is 94.0 cm³/mol. The fourth-order valence-corrected chi connectivity index (χ4v) is 2.02. The van der Waals surface area contributed by atoms with Crippen LogP contribution in [0.25, 0.3) is 0 Å². The van der Waals surface area contributed by atoms with Crippen LogP contribution in [0.2, 0.25) is 0 Å². The Kier molecular flexibility index (Phi) is 6.55. The Bertz CT molecular complexity index is 789. The maximum absolute atomic E-state index is 11.8. The summed E-state index contributed by atoms with van der Waals surface area (Å²) in [4.78, 5) is 34.4. The van der Waals surface area contributed by atoms with E-state index in [0.717, 1.165) is 0 Å². The summed E-state index contributed by atoms with van der Waals surface area (Å²) in [6, 6.07) is 10.5. The molecular weight excluding hydrogens is 340 g/mol. The van der Waals surface area contributed by atoms with Crippen molar-refractivity contribution >= 4 is 23.9 Å². The van der Waals surface area contributed by atoms with Gasteiger partial charge in [0.1, 0.15) is 12.0 Å². The van der Waals surface area contributed by atoms with Crippen LogP contribution in [0.15, 0.2) is 42.5 Å². The molecule has 2 rings (SSSR count). The molecule has 136 valence electrons. The van der Waals surface area contributed by atoms with E-state index in [1.165, 1.54) is 32.4 Å². The zero-order valence-electron chi connectivity index (χ0n) is 14.3. The van der Waals surface area contributed by atoms with Gasteiger partial charge in [-0.2, -0.15) is 0 Å². The van der Waals surface area contributed by atoms with Crippen LogP contribution in [-0.4, -0.2) is 39.1 Å². The van der Waals surface area contributed by atoms with Crippen molar-refractivity contribution in [2.24, 2.45) is 0 Å². The zero-order valence-corrected chi connectivity index (χ0v) is 14.3. The highest BCUT2D eigenvalue weighted by Gasteiger charge is 2.11. The van der Waals surface area contributed by atoms with Crippen LogP contribution in [-0.2, 0) is 4.79 Å². The van der Waals surface area contributed by atoms with Gasteiger partial charge in [0, 0.05) is 11.3 Å². The molecule has 0 aliphatic rings. The van der Waals surface area contributed by atoms with Gasteiger partial charge in [-0.15, -0.1) is 0 Å². The van der Waals surface area contributed by atoms with Gasteiger partial charge in [-0.25, -0.2) is 4.79 Å². The number of carbonyl (C=O) groups excluding carboxylic acids is 3. The molecule has 3 amide bonds. The number of anilines is 1. The van der Waals surface area contributed by atoms with Gasteiger partial charge in [0.25, 0.3) is 5.91 Å². The maximum atomic E-state index is 11.8. The van der Waals surface area contributed by atoms with Gasteiger partial charge in [0.05, 0.1) is 14.2 Å². The summed E-state index contributed by atoms with van der Waals surface area (Å²) >= 11 is 0. The van der Waals surface area contributed by atoms with E-state index in [0.29, 0.717) is 29.0 Å². The number of aldehydes is 1. The monoisotopic (exact) mass is 358 g/mol. The molecule has 2 aromatic rings. The Balaban J connectivity index is 1.86. The smallest absolute Gasteiger partial charge is 0.325 e. The number of hydrogen-bond donors (Lipinski definition) is 2. The Morgan fingerprint density at radius 1 is 1.00 bits per heavy atom. The molecule has 0 aliphatic heterocycles. The summed E-state index contributed by atoms with van der Waals surface area (Å²) < 4.78 is 15.4. The van der Waals surface area contributed by atoms with Gasteiger partial charge in [-0.05, 0) is 42.5 Å². The second kappa shape index (κ2) is 9.07. The molecule has 8 heteroatoms. The van der Waals surface area contributed by atoms with E-state index < -0.39 is 18.5 Å². The first kappa shape index (κ1) is 18.8. The summed E-state index contributed by atoms with van der Waals surface area (Å²) in [7, 11) is 2.95. The summed E-state index contributed by atoms with van der Waals surface area (Å²) in [5, 5.41) is 4.66. The lowest BCUT2D eigenvalue weighted by Gasteiger charge is -2.11. The molecule has 0 fully saturated rings. The van der Waals surface area contributed by atoms with Crippen LogP contribution in [0.5, 0.6) is 17.2 Å². The molecule has 0 radical (unpaired) electrons. The SMILES string of the molecule is COc1ccc(NC(=O)NC(=O)COc2ccc(C=O)cc2OC)cc1. The molecule has 0 unspecified atom stereocenters. The first-order valence-electron chi connectivity index (χ1n) is 7.56. The fraction of sp³-hybridized carbons (Fsp3) is 0.167. The number of imide groups is 1. The van der Waals surface area contributed by atoms with Crippen LogP contribution in [0.1, 0.15) is 10.4 Å². The highest BCUT2D eigenvalue weighted by atomic mass is 16.5. The van der Waals surface area contributed by atoms with Gasteiger partial charge in [-0.3, -0.25) is 14.9 Å². The summed E-state index contributed by atoms with van der Waals surface area (Å²) in [5.74, 6) is 0.599. The molecular formula is C18H18N2O6. The molecule has 0 spiro atoms. The van der Waals surface area contributed by atoms with Crippen LogP contribution < -0.4 is 24.8 Å². The lowest BCUT2D eigenvalue weighted by Crippen LogP contribution is -2.37. The fourth-order valence-electron chi connectivity index (χ4n) is 2.02. The second-order valence-corrected chi connectivity index (χ2v) is 5.05. The minimum Gasteiger partial charge on any atom is -0.497 e. The molecule has 8 nitrogen and oxygen atoms in total. The van der Waals surface area contributed by atoms with Crippen molar-refractivity contribution in [1.82, 2.24) is 5.32 Å². The summed E-state index contributed by atoms with van der Waals surface area (Å²) in [5.41, 5.74) is 0.917. The molecule has 0 aromatic heterocycles. The van der Waals surface area contributed by atoms with Gasteiger partial charge >= 0.3 is 6.03 Å². The average Bonchev–Trinajstić information content (AvgIpc) is 2.66. The molecule has 0 saturated heterocycles. The van der Waals surface area contributed by atoms with E-state index in [1.54, 1.807) is 24.3 Å². The standard InChI is InChI=1S/C18H18N2O6/c1-24-14-6-4-13(5-7-14)19-18(23)20-17(22)11-26-15-8-3-12(10-21)9-16(15)25-2/h3-10H,11H2,1-2H3,(H2,19,20,22,23). The minimum absolute atomic E-state index is 0.281. The van der Waals surface area contributed by atoms with E-state index in [2.05, 4.69) is 10.6 Å². The highest BCUT2D eigenvalue weighted by Crippen LogP contribution is 2.27. The first-order chi connectivity index (χ1) is 12.5. The van der Waals surface area contributed by atoms with Crippen LogP contribution >= 0.6 is 0 Å². The van der Waals surface area contributed by atoms with Crippen LogP contribution in [0.4, 0.5) is 10.5 Å². The van der Waals surface area contributed by atoms with Gasteiger partial charge in [0.15, 0.2) is 18.1 Å². The first-order valence-corrected chi connectivity index (χ1v) is 7.56. The molecule has 0 atom stereocenters. The molecule has 2 aromatic carbocycles. The number of rotatable bonds is 7. The molecule has 0 saturated carbocycles. The number of benzene rings is 2. The largest absolute Gasteiger partial charge is 0.497 e. The van der Waals surface area contributed by atoms with Crippen molar-refractivity contribution in [3.8, 4) is 17.2 Å². The minimum atomic E-state index is -0.688. The second-order valence-electron chi connectivity index (χ2n) is 5.05. The predicted octanol–water partition coefficient (Wildman–Crippen LogP) is 2.24. The van der Waals surface area contributed by atoms with E-state index >= 15 is 0 Å². The van der Waals surface area contributed by atoms with Crippen LogP contribution in [0, 0.1) is 0 Å². The summed E-state index contributed by atoms with van der Waals surface area (Å²) in [6.07, 6.45) is 0.669. The molecule has 0 aliphatic carbocycles. The normalized spacial score (nSPS) is 9.77. The van der Waals surface area contributed by atoms with Crippen molar-refractivity contribution in [2.45, 2.75) is 0 Å². The average molecular weight is 358 g/mol. The number of ether oxygens (including phenoxy) is 3.